The normalized spacial score (nSPS) is 14.4. The topological polar surface area (TPSA) is 38.3 Å². The second kappa shape index (κ2) is 8.70. The molecule has 1 saturated carbocycles. The molecule has 0 aliphatic heterocycles. The molecule has 25 heavy (non-hydrogen) atoms. The molecule has 0 aromatic heterocycles. The molecule has 3 nitrogen and oxygen atoms in total. The van der Waals surface area contributed by atoms with E-state index in [2.05, 4.69) is 48.6 Å². The third-order valence-electron chi connectivity index (χ3n) is 4.75. The molecule has 1 N–H and O–H groups in total. The van der Waals surface area contributed by atoms with Crippen LogP contribution in [-0.4, -0.2) is 12.0 Å². The van der Waals surface area contributed by atoms with Crippen LogP contribution in [-0.2, 0) is 17.8 Å². The van der Waals surface area contributed by atoms with Crippen molar-refractivity contribution in [2.75, 3.05) is 0 Å². The molecule has 0 bridgehead atoms. The van der Waals surface area contributed by atoms with Crippen LogP contribution in [0, 0.1) is 6.92 Å². The highest BCUT2D eigenvalue weighted by Crippen LogP contribution is 2.24. The minimum Gasteiger partial charge on any atom is -0.490 e. The maximum atomic E-state index is 12.1. The first-order valence-corrected chi connectivity index (χ1v) is 9.27. The Labute approximate surface area is 150 Å². The molecule has 2 aromatic carbocycles. The van der Waals surface area contributed by atoms with Crippen molar-refractivity contribution in [2.45, 2.75) is 58.1 Å². The predicted octanol–water partition coefficient (Wildman–Crippen LogP) is 4.57. The average molecular weight is 337 g/mol. The predicted molar refractivity (Wildman–Crippen MR) is 101 cm³/mol. The van der Waals surface area contributed by atoms with Crippen LogP contribution < -0.4 is 10.1 Å². The fourth-order valence-corrected chi connectivity index (χ4v) is 3.23. The summed E-state index contributed by atoms with van der Waals surface area (Å²) < 4.78 is 6.04. The minimum absolute atomic E-state index is 0.0858. The lowest BCUT2D eigenvalue weighted by Gasteiger charge is -2.13. The van der Waals surface area contributed by atoms with E-state index in [1.807, 2.05) is 12.1 Å². The van der Waals surface area contributed by atoms with Crippen molar-refractivity contribution in [3.8, 4) is 5.75 Å². The third-order valence-corrected chi connectivity index (χ3v) is 4.75. The molecule has 2 aromatic rings. The lowest BCUT2D eigenvalue weighted by molar-refractivity contribution is -0.121. The van der Waals surface area contributed by atoms with Gasteiger partial charge in [0.2, 0.25) is 5.91 Å². The van der Waals surface area contributed by atoms with E-state index in [0.717, 1.165) is 36.1 Å². The largest absolute Gasteiger partial charge is 0.490 e. The number of rotatable bonds is 7. The number of carbonyl (C=O) groups excluding carboxylic acids is 1. The summed E-state index contributed by atoms with van der Waals surface area (Å²) in [6.07, 6.45) is 6.46. The summed E-state index contributed by atoms with van der Waals surface area (Å²) in [6.45, 7) is 2.65. The van der Waals surface area contributed by atoms with Crippen LogP contribution in [0.1, 0.15) is 48.8 Å². The second-order valence-corrected chi connectivity index (χ2v) is 6.93. The summed E-state index contributed by atoms with van der Waals surface area (Å²) in [4.78, 5) is 12.1. The van der Waals surface area contributed by atoms with Crippen molar-refractivity contribution in [3.63, 3.8) is 0 Å². The van der Waals surface area contributed by atoms with Crippen molar-refractivity contribution >= 4 is 5.91 Å². The maximum Gasteiger partial charge on any atom is 0.220 e. The van der Waals surface area contributed by atoms with Crippen LogP contribution in [0.4, 0.5) is 0 Å². The van der Waals surface area contributed by atoms with Crippen LogP contribution in [0.15, 0.2) is 48.5 Å². The Morgan fingerprint density at radius 2 is 1.84 bits per heavy atom. The molecule has 0 radical (unpaired) electrons. The Balaban J connectivity index is 1.44. The molecule has 0 spiro atoms. The van der Waals surface area contributed by atoms with Gasteiger partial charge in [-0.25, -0.2) is 0 Å². The Morgan fingerprint density at radius 3 is 2.60 bits per heavy atom. The van der Waals surface area contributed by atoms with E-state index in [-0.39, 0.29) is 5.91 Å². The molecule has 0 atom stereocenters. The van der Waals surface area contributed by atoms with Crippen molar-refractivity contribution in [2.24, 2.45) is 0 Å². The van der Waals surface area contributed by atoms with Crippen LogP contribution in [0.5, 0.6) is 5.75 Å². The quantitative estimate of drug-likeness (QED) is 0.804. The van der Waals surface area contributed by atoms with E-state index < -0.39 is 0 Å². The minimum atomic E-state index is 0.0858. The van der Waals surface area contributed by atoms with Gasteiger partial charge < -0.3 is 10.1 Å². The molecular formula is C22H27NO2. The van der Waals surface area contributed by atoms with E-state index in [9.17, 15) is 4.79 Å². The number of nitrogens with one attached hydrogen (secondary N) is 1. The molecule has 3 heteroatoms. The number of amides is 1. The highest BCUT2D eigenvalue weighted by Gasteiger charge is 2.16. The van der Waals surface area contributed by atoms with Gasteiger partial charge in [0, 0.05) is 13.0 Å². The summed E-state index contributed by atoms with van der Waals surface area (Å²) in [6, 6.07) is 16.4. The Bertz CT molecular complexity index is 687. The summed E-state index contributed by atoms with van der Waals surface area (Å²) >= 11 is 0. The van der Waals surface area contributed by atoms with Crippen LogP contribution >= 0.6 is 0 Å². The highest BCUT2D eigenvalue weighted by atomic mass is 16.5. The molecule has 1 amide bonds. The van der Waals surface area contributed by atoms with Crippen LogP contribution in [0.2, 0.25) is 0 Å². The average Bonchev–Trinajstić information content (AvgIpc) is 3.13. The molecular weight excluding hydrogens is 310 g/mol. The SMILES string of the molecule is Cc1ccc(CNC(=O)CCc2cccc(OC3CCCC3)c2)cc1. The summed E-state index contributed by atoms with van der Waals surface area (Å²) in [7, 11) is 0. The Hall–Kier alpha value is -2.29. The Kier molecular flexibility index (Phi) is 6.10. The number of ether oxygens (including phenoxy) is 1. The summed E-state index contributed by atoms with van der Waals surface area (Å²) in [5, 5.41) is 2.99. The second-order valence-electron chi connectivity index (χ2n) is 6.93. The third kappa shape index (κ3) is 5.63. The lowest BCUT2D eigenvalue weighted by Crippen LogP contribution is -2.23. The number of aryl methyl sites for hydroxylation is 2. The van der Waals surface area contributed by atoms with Crippen molar-refractivity contribution in [1.29, 1.82) is 0 Å². The number of benzene rings is 2. The zero-order chi connectivity index (χ0) is 17.5. The van der Waals surface area contributed by atoms with Crippen molar-refractivity contribution in [1.82, 2.24) is 5.32 Å². The van der Waals surface area contributed by atoms with Crippen molar-refractivity contribution in [3.05, 3.63) is 65.2 Å². The fraction of sp³-hybridized carbons (Fsp3) is 0.409. The molecule has 1 aliphatic rings. The van der Waals surface area contributed by atoms with Gasteiger partial charge in [-0.1, -0.05) is 42.0 Å². The van der Waals surface area contributed by atoms with Gasteiger partial charge in [0.1, 0.15) is 5.75 Å². The smallest absolute Gasteiger partial charge is 0.220 e. The number of hydrogen-bond donors (Lipinski definition) is 1. The van der Waals surface area contributed by atoms with Gasteiger partial charge in [-0.3, -0.25) is 4.79 Å². The van der Waals surface area contributed by atoms with Gasteiger partial charge in [-0.2, -0.15) is 0 Å². The summed E-state index contributed by atoms with van der Waals surface area (Å²) in [5.41, 5.74) is 3.52. The molecule has 0 saturated heterocycles. The summed E-state index contributed by atoms with van der Waals surface area (Å²) in [5.74, 6) is 1.02. The van der Waals surface area contributed by atoms with E-state index in [4.69, 9.17) is 4.74 Å². The van der Waals surface area contributed by atoms with Crippen LogP contribution in [0.3, 0.4) is 0 Å². The molecule has 1 fully saturated rings. The van der Waals surface area contributed by atoms with Gasteiger partial charge >= 0.3 is 0 Å². The van der Waals surface area contributed by atoms with Crippen molar-refractivity contribution < 1.29 is 9.53 Å². The first-order chi connectivity index (χ1) is 12.2. The van der Waals surface area contributed by atoms with Gasteiger partial charge in [0.25, 0.3) is 0 Å². The zero-order valence-electron chi connectivity index (χ0n) is 15.0. The molecule has 132 valence electrons. The van der Waals surface area contributed by atoms with E-state index in [1.54, 1.807) is 0 Å². The first kappa shape index (κ1) is 17.5. The van der Waals surface area contributed by atoms with E-state index in [1.165, 1.54) is 18.4 Å². The molecule has 0 unspecified atom stereocenters. The molecule has 1 aliphatic carbocycles. The van der Waals surface area contributed by atoms with E-state index in [0.29, 0.717) is 19.1 Å². The van der Waals surface area contributed by atoms with Crippen LogP contribution in [0.25, 0.3) is 0 Å². The van der Waals surface area contributed by atoms with Gasteiger partial charge in [0.05, 0.1) is 6.10 Å². The number of carbonyl (C=O) groups is 1. The monoisotopic (exact) mass is 337 g/mol. The lowest BCUT2D eigenvalue weighted by atomic mass is 10.1. The maximum absolute atomic E-state index is 12.1. The van der Waals surface area contributed by atoms with E-state index >= 15 is 0 Å². The number of hydrogen-bond acceptors (Lipinski definition) is 2. The van der Waals surface area contributed by atoms with Gasteiger partial charge in [-0.05, 0) is 62.3 Å². The zero-order valence-corrected chi connectivity index (χ0v) is 15.0. The standard InChI is InChI=1S/C22H27NO2/c1-17-9-11-19(12-10-17)16-23-22(24)14-13-18-5-4-8-21(15-18)25-20-6-2-3-7-20/h4-5,8-12,15,20H,2-3,6-7,13-14,16H2,1H3,(H,23,24). The highest BCUT2D eigenvalue weighted by molar-refractivity contribution is 5.76. The molecule has 3 rings (SSSR count). The molecule has 0 heterocycles. The van der Waals surface area contributed by atoms with Gasteiger partial charge in [-0.15, -0.1) is 0 Å². The van der Waals surface area contributed by atoms with Gasteiger partial charge in [0.15, 0.2) is 0 Å². The first-order valence-electron chi connectivity index (χ1n) is 9.27. The fourth-order valence-electron chi connectivity index (χ4n) is 3.23. The Morgan fingerprint density at radius 1 is 1.08 bits per heavy atom.